The van der Waals surface area contributed by atoms with Crippen LogP contribution in [0.4, 0.5) is 4.39 Å². The first-order valence-electron chi connectivity index (χ1n) is 6.97. The zero-order chi connectivity index (χ0) is 15.2. The van der Waals surface area contributed by atoms with Gasteiger partial charge in [0.25, 0.3) is 0 Å². The molecule has 21 heavy (non-hydrogen) atoms. The van der Waals surface area contributed by atoms with Gasteiger partial charge in [0.2, 0.25) is 5.91 Å². The maximum Gasteiger partial charge on any atom is 0.225 e. The SMILES string of the molecule is CC1CC(C(=O)NCc2cc(C#CCN)ccc2F)CO1. The van der Waals surface area contributed by atoms with Crippen molar-refractivity contribution in [1.29, 1.82) is 0 Å². The monoisotopic (exact) mass is 290 g/mol. The van der Waals surface area contributed by atoms with Gasteiger partial charge >= 0.3 is 0 Å². The zero-order valence-electron chi connectivity index (χ0n) is 12.0. The molecule has 1 aromatic carbocycles. The maximum atomic E-state index is 13.7. The van der Waals surface area contributed by atoms with E-state index >= 15 is 0 Å². The third-order valence-corrected chi connectivity index (χ3v) is 3.40. The summed E-state index contributed by atoms with van der Waals surface area (Å²) in [5.74, 6) is 4.96. The van der Waals surface area contributed by atoms with Gasteiger partial charge < -0.3 is 15.8 Å². The largest absolute Gasteiger partial charge is 0.378 e. The van der Waals surface area contributed by atoms with Crippen molar-refractivity contribution in [2.75, 3.05) is 13.2 Å². The lowest BCUT2D eigenvalue weighted by molar-refractivity contribution is -0.125. The summed E-state index contributed by atoms with van der Waals surface area (Å²) in [6, 6.07) is 4.57. The number of carbonyl (C=O) groups excluding carboxylic acids is 1. The molecule has 2 unspecified atom stereocenters. The van der Waals surface area contributed by atoms with E-state index in [4.69, 9.17) is 10.5 Å². The van der Waals surface area contributed by atoms with Crippen LogP contribution in [0.15, 0.2) is 18.2 Å². The third-order valence-electron chi connectivity index (χ3n) is 3.40. The minimum Gasteiger partial charge on any atom is -0.378 e. The van der Waals surface area contributed by atoms with Crippen LogP contribution < -0.4 is 11.1 Å². The van der Waals surface area contributed by atoms with Crippen LogP contribution in [-0.4, -0.2) is 25.2 Å². The fourth-order valence-electron chi connectivity index (χ4n) is 2.27. The predicted molar refractivity (Wildman–Crippen MR) is 77.7 cm³/mol. The number of nitrogens with two attached hydrogens (primary N) is 1. The van der Waals surface area contributed by atoms with Crippen LogP contribution in [0.1, 0.15) is 24.5 Å². The molecule has 2 rings (SSSR count). The van der Waals surface area contributed by atoms with Crippen molar-refractivity contribution in [2.45, 2.75) is 26.0 Å². The van der Waals surface area contributed by atoms with Gasteiger partial charge in [-0.2, -0.15) is 0 Å². The molecule has 0 saturated carbocycles. The molecule has 0 spiro atoms. The standard InChI is InChI=1S/C16H19FN2O2/c1-11-7-14(10-21-11)16(20)19-9-13-8-12(3-2-6-18)4-5-15(13)17/h4-5,8,11,14H,6-7,9-10,18H2,1H3,(H,19,20). The number of rotatable bonds is 3. The summed E-state index contributed by atoms with van der Waals surface area (Å²) < 4.78 is 19.1. The smallest absolute Gasteiger partial charge is 0.225 e. The van der Waals surface area contributed by atoms with E-state index < -0.39 is 0 Å². The summed E-state index contributed by atoms with van der Waals surface area (Å²) >= 11 is 0. The van der Waals surface area contributed by atoms with Crippen molar-refractivity contribution in [3.63, 3.8) is 0 Å². The Morgan fingerprint density at radius 3 is 3.05 bits per heavy atom. The van der Waals surface area contributed by atoms with Crippen molar-refractivity contribution in [3.8, 4) is 11.8 Å². The lowest BCUT2D eigenvalue weighted by Gasteiger charge is -2.10. The molecule has 3 N–H and O–H groups in total. The summed E-state index contributed by atoms with van der Waals surface area (Å²) in [6.07, 6.45) is 0.809. The second kappa shape index (κ2) is 7.21. The second-order valence-corrected chi connectivity index (χ2v) is 5.11. The van der Waals surface area contributed by atoms with E-state index in [-0.39, 0.29) is 36.8 Å². The van der Waals surface area contributed by atoms with Crippen LogP contribution >= 0.6 is 0 Å². The Balaban J connectivity index is 1.97. The molecule has 0 aliphatic carbocycles. The summed E-state index contributed by atoms with van der Waals surface area (Å²) in [4.78, 5) is 12.0. The number of halogens is 1. The molecule has 5 heteroatoms. The summed E-state index contributed by atoms with van der Waals surface area (Å²) in [5, 5.41) is 2.75. The molecule has 112 valence electrons. The minimum absolute atomic E-state index is 0.0998. The summed E-state index contributed by atoms with van der Waals surface area (Å²) in [5.41, 5.74) is 6.41. The molecule has 1 aliphatic heterocycles. The highest BCUT2D eigenvalue weighted by Crippen LogP contribution is 2.19. The normalized spacial score (nSPS) is 20.7. The van der Waals surface area contributed by atoms with Crippen molar-refractivity contribution in [2.24, 2.45) is 11.7 Å². The van der Waals surface area contributed by atoms with E-state index in [1.807, 2.05) is 6.92 Å². The van der Waals surface area contributed by atoms with Crippen LogP contribution in [0.3, 0.4) is 0 Å². The van der Waals surface area contributed by atoms with Crippen molar-refractivity contribution in [3.05, 3.63) is 35.1 Å². The molecule has 1 aromatic rings. The number of carbonyl (C=O) groups is 1. The van der Waals surface area contributed by atoms with Crippen molar-refractivity contribution >= 4 is 5.91 Å². The van der Waals surface area contributed by atoms with Crippen LogP contribution in [0, 0.1) is 23.6 Å². The molecule has 4 nitrogen and oxygen atoms in total. The average molecular weight is 290 g/mol. The molecule has 0 radical (unpaired) electrons. The van der Waals surface area contributed by atoms with E-state index in [1.54, 1.807) is 12.1 Å². The molecule has 1 saturated heterocycles. The molecular weight excluding hydrogens is 271 g/mol. The van der Waals surface area contributed by atoms with Gasteiger partial charge in [0.1, 0.15) is 5.82 Å². The first-order chi connectivity index (χ1) is 10.1. The van der Waals surface area contributed by atoms with E-state index in [1.165, 1.54) is 6.07 Å². The van der Waals surface area contributed by atoms with Gasteiger partial charge in [0, 0.05) is 17.7 Å². The lowest BCUT2D eigenvalue weighted by atomic mass is 10.1. The Hall–Kier alpha value is -1.90. The number of hydrogen-bond acceptors (Lipinski definition) is 3. The number of nitrogens with one attached hydrogen (secondary N) is 1. The van der Waals surface area contributed by atoms with Gasteiger partial charge in [-0.05, 0) is 31.5 Å². The van der Waals surface area contributed by atoms with Crippen molar-refractivity contribution < 1.29 is 13.9 Å². The molecule has 1 heterocycles. The minimum atomic E-state index is -0.357. The molecule has 1 fully saturated rings. The predicted octanol–water partition coefficient (Wildman–Crippen LogP) is 1.18. The Labute approximate surface area is 123 Å². The second-order valence-electron chi connectivity index (χ2n) is 5.11. The summed E-state index contributed by atoms with van der Waals surface area (Å²) in [7, 11) is 0. The van der Waals surface area contributed by atoms with E-state index in [9.17, 15) is 9.18 Å². The fraction of sp³-hybridized carbons (Fsp3) is 0.438. The van der Waals surface area contributed by atoms with Crippen molar-refractivity contribution in [1.82, 2.24) is 5.32 Å². The zero-order valence-corrected chi connectivity index (χ0v) is 12.0. The first kappa shape index (κ1) is 15.5. The van der Waals surface area contributed by atoms with Crippen LogP contribution in [-0.2, 0) is 16.1 Å². The molecule has 0 aromatic heterocycles. The van der Waals surface area contributed by atoms with Crippen LogP contribution in [0.5, 0.6) is 0 Å². The molecule has 2 atom stereocenters. The van der Waals surface area contributed by atoms with Gasteiger partial charge in [0.05, 0.1) is 25.2 Å². The Bertz CT molecular complexity index is 577. The van der Waals surface area contributed by atoms with Crippen LogP contribution in [0.25, 0.3) is 0 Å². The molecular formula is C16H19FN2O2. The number of amides is 1. The van der Waals surface area contributed by atoms with Gasteiger partial charge in [-0.1, -0.05) is 11.8 Å². The first-order valence-corrected chi connectivity index (χ1v) is 6.97. The van der Waals surface area contributed by atoms with E-state index in [0.717, 1.165) is 0 Å². The third kappa shape index (κ3) is 4.28. The molecule has 1 amide bonds. The highest BCUT2D eigenvalue weighted by Gasteiger charge is 2.28. The maximum absolute atomic E-state index is 13.7. The Kier molecular flexibility index (Phi) is 5.32. The fourth-order valence-corrected chi connectivity index (χ4v) is 2.27. The Morgan fingerprint density at radius 1 is 1.57 bits per heavy atom. The quantitative estimate of drug-likeness (QED) is 0.822. The number of hydrogen-bond donors (Lipinski definition) is 2. The Morgan fingerprint density at radius 2 is 2.38 bits per heavy atom. The molecule has 1 aliphatic rings. The lowest BCUT2D eigenvalue weighted by Crippen LogP contribution is -2.30. The van der Waals surface area contributed by atoms with E-state index in [2.05, 4.69) is 17.2 Å². The van der Waals surface area contributed by atoms with Gasteiger partial charge in [0.15, 0.2) is 0 Å². The van der Waals surface area contributed by atoms with Crippen LogP contribution in [0.2, 0.25) is 0 Å². The number of benzene rings is 1. The number of ether oxygens (including phenoxy) is 1. The topological polar surface area (TPSA) is 64.4 Å². The van der Waals surface area contributed by atoms with Gasteiger partial charge in [-0.15, -0.1) is 0 Å². The summed E-state index contributed by atoms with van der Waals surface area (Å²) in [6.45, 7) is 2.76. The van der Waals surface area contributed by atoms with Gasteiger partial charge in [-0.25, -0.2) is 4.39 Å². The van der Waals surface area contributed by atoms with Gasteiger partial charge in [-0.3, -0.25) is 4.79 Å². The molecule has 0 bridgehead atoms. The average Bonchev–Trinajstić information content (AvgIpc) is 2.91. The van der Waals surface area contributed by atoms with E-state index in [0.29, 0.717) is 24.2 Å². The highest BCUT2D eigenvalue weighted by molar-refractivity contribution is 5.79. The highest BCUT2D eigenvalue weighted by atomic mass is 19.1.